The van der Waals surface area contributed by atoms with E-state index in [4.69, 9.17) is 15.7 Å². The normalized spacial score (nSPS) is 29.6. The second-order valence-corrected chi connectivity index (χ2v) is 4.83. The quantitative estimate of drug-likeness (QED) is 0.732. The van der Waals surface area contributed by atoms with Gasteiger partial charge in [-0.25, -0.2) is 0 Å². The van der Waals surface area contributed by atoms with E-state index in [1.165, 1.54) is 0 Å². The predicted molar refractivity (Wildman–Crippen MR) is 63.9 cm³/mol. The zero-order valence-corrected chi connectivity index (χ0v) is 10.4. The van der Waals surface area contributed by atoms with E-state index in [1.807, 2.05) is 0 Å². The summed E-state index contributed by atoms with van der Waals surface area (Å²) in [7, 11) is 3.80. The summed E-state index contributed by atoms with van der Waals surface area (Å²) in [6.45, 7) is 2.69. The summed E-state index contributed by atoms with van der Waals surface area (Å²) in [5.74, 6) is 0.363. The summed E-state index contributed by atoms with van der Waals surface area (Å²) in [6.07, 6.45) is 4.07. The maximum absolute atomic E-state index is 9.09. The molecular weight excluding hydrogens is 202 g/mol. The monoisotopic (exact) mass is 225 g/mol. The van der Waals surface area contributed by atoms with Crippen molar-refractivity contribution in [2.75, 3.05) is 33.9 Å². The first-order chi connectivity index (χ1) is 7.62. The molecule has 16 heavy (non-hydrogen) atoms. The average molecular weight is 225 g/mol. The Kier molecular flexibility index (Phi) is 5.20. The van der Waals surface area contributed by atoms with Crippen molar-refractivity contribution in [2.45, 2.75) is 31.2 Å². The van der Waals surface area contributed by atoms with Gasteiger partial charge in [0.25, 0.3) is 0 Å². The van der Waals surface area contributed by atoms with Crippen molar-refractivity contribution < 1.29 is 4.74 Å². The fraction of sp³-hybridized carbons (Fsp3) is 0.917. The van der Waals surface area contributed by atoms with Crippen LogP contribution in [-0.4, -0.2) is 44.3 Å². The van der Waals surface area contributed by atoms with Crippen LogP contribution >= 0.6 is 0 Å². The molecule has 2 N–H and O–H groups in total. The van der Waals surface area contributed by atoms with Crippen LogP contribution in [0, 0.1) is 17.2 Å². The van der Waals surface area contributed by atoms with Gasteiger partial charge in [-0.05, 0) is 38.8 Å². The lowest BCUT2D eigenvalue weighted by molar-refractivity contribution is 0.156. The molecule has 92 valence electrons. The van der Waals surface area contributed by atoms with Gasteiger partial charge in [-0.3, -0.25) is 0 Å². The largest absolute Gasteiger partial charge is 0.383 e. The zero-order chi connectivity index (χ0) is 12.0. The summed E-state index contributed by atoms with van der Waals surface area (Å²) in [4.78, 5) is 2.24. The third-order valence-electron chi connectivity index (χ3n) is 3.62. The van der Waals surface area contributed by atoms with Crippen LogP contribution in [0.25, 0.3) is 0 Å². The molecule has 1 aliphatic carbocycles. The predicted octanol–water partition coefficient (Wildman–Crippen LogP) is 0.976. The Morgan fingerprint density at radius 1 is 1.56 bits per heavy atom. The number of rotatable bonds is 6. The van der Waals surface area contributed by atoms with Crippen LogP contribution in [0.4, 0.5) is 0 Å². The van der Waals surface area contributed by atoms with Gasteiger partial charge in [0, 0.05) is 13.7 Å². The molecule has 4 nitrogen and oxygen atoms in total. The Hall–Kier alpha value is -0.630. The fourth-order valence-electron chi connectivity index (χ4n) is 2.39. The Morgan fingerprint density at radius 2 is 2.31 bits per heavy atom. The summed E-state index contributed by atoms with van der Waals surface area (Å²) < 4.78 is 5.03. The third-order valence-corrected chi connectivity index (χ3v) is 3.62. The lowest BCUT2D eigenvalue weighted by Gasteiger charge is -2.26. The van der Waals surface area contributed by atoms with Crippen LogP contribution in [0.1, 0.15) is 25.7 Å². The number of hydrogen-bond acceptors (Lipinski definition) is 4. The minimum Gasteiger partial charge on any atom is -0.383 e. The molecule has 0 radical (unpaired) electrons. The molecule has 0 aromatic heterocycles. The average Bonchev–Trinajstić information content (AvgIpc) is 2.66. The molecule has 2 atom stereocenters. The van der Waals surface area contributed by atoms with E-state index >= 15 is 0 Å². The van der Waals surface area contributed by atoms with Crippen molar-refractivity contribution in [1.29, 1.82) is 5.26 Å². The van der Waals surface area contributed by atoms with Gasteiger partial charge in [-0.15, -0.1) is 0 Å². The molecule has 4 heteroatoms. The minimum absolute atomic E-state index is 0.363. The molecule has 1 saturated carbocycles. The minimum atomic E-state index is -0.567. The Balaban J connectivity index is 2.30. The number of methoxy groups -OCH3 is 1. The fourth-order valence-corrected chi connectivity index (χ4v) is 2.39. The van der Waals surface area contributed by atoms with Crippen molar-refractivity contribution in [3.05, 3.63) is 0 Å². The highest BCUT2D eigenvalue weighted by molar-refractivity contribution is 5.11. The van der Waals surface area contributed by atoms with E-state index in [1.54, 1.807) is 7.11 Å². The molecule has 0 aromatic carbocycles. The van der Waals surface area contributed by atoms with Gasteiger partial charge in [-0.1, -0.05) is 6.42 Å². The number of likely N-dealkylation sites (N-methyl/N-ethyl adjacent to an activating group) is 1. The van der Waals surface area contributed by atoms with Gasteiger partial charge in [0.1, 0.15) is 5.54 Å². The van der Waals surface area contributed by atoms with Crippen LogP contribution in [0.2, 0.25) is 0 Å². The maximum Gasteiger partial charge on any atom is 0.107 e. The summed E-state index contributed by atoms with van der Waals surface area (Å²) in [6, 6.07) is 2.29. The van der Waals surface area contributed by atoms with Crippen molar-refractivity contribution >= 4 is 0 Å². The van der Waals surface area contributed by atoms with E-state index in [-0.39, 0.29) is 0 Å². The lowest BCUT2D eigenvalue weighted by atomic mass is 9.87. The van der Waals surface area contributed by atoms with Crippen molar-refractivity contribution in [3.63, 3.8) is 0 Å². The first-order valence-corrected chi connectivity index (χ1v) is 6.00. The molecule has 1 aliphatic rings. The van der Waals surface area contributed by atoms with E-state index in [0.29, 0.717) is 5.92 Å². The second-order valence-electron chi connectivity index (χ2n) is 4.83. The molecule has 1 rings (SSSR count). The molecule has 0 saturated heterocycles. The van der Waals surface area contributed by atoms with Crippen molar-refractivity contribution in [1.82, 2.24) is 4.90 Å². The first-order valence-electron chi connectivity index (χ1n) is 6.00. The molecule has 2 unspecified atom stereocenters. The van der Waals surface area contributed by atoms with Crippen LogP contribution in [-0.2, 0) is 4.74 Å². The number of nitriles is 1. The number of hydrogen-bond donors (Lipinski definition) is 1. The second kappa shape index (κ2) is 6.19. The highest BCUT2D eigenvalue weighted by atomic mass is 16.5. The molecule has 0 spiro atoms. The summed E-state index contributed by atoms with van der Waals surface area (Å²) in [5.41, 5.74) is 5.52. The SMILES string of the molecule is COCCN(C)CCC1CCCC1(N)C#N. The van der Waals surface area contributed by atoms with Gasteiger partial charge in [0.05, 0.1) is 12.7 Å². The third kappa shape index (κ3) is 3.44. The van der Waals surface area contributed by atoms with Crippen molar-refractivity contribution in [3.8, 4) is 6.07 Å². The molecule has 0 aliphatic heterocycles. The standard InChI is InChI=1S/C12H23N3O/c1-15(8-9-16-2)7-5-11-4-3-6-12(11,14)10-13/h11H,3-9,14H2,1-2H3. The highest BCUT2D eigenvalue weighted by Gasteiger charge is 2.39. The molecule has 1 fully saturated rings. The van der Waals surface area contributed by atoms with E-state index in [9.17, 15) is 0 Å². The molecular formula is C12H23N3O. The lowest BCUT2D eigenvalue weighted by Crippen LogP contribution is -2.43. The number of ether oxygens (including phenoxy) is 1. The van der Waals surface area contributed by atoms with Crippen LogP contribution in [0.5, 0.6) is 0 Å². The topological polar surface area (TPSA) is 62.3 Å². The van der Waals surface area contributed by atoms with Crippen molar-refractivity contribution in [2.24, 2.45) is 11.7 Å². The number of nitrogens with two attached hydrogens (primary N) is 1. The Labute approximate surface area is 98.4 Å². The molecule has 0 amide bonds. The summed E-state index contributed by atoms with van der Waals surface area (Å²) in [5, 5.41) is 9.09. The molecule has 0 bridgehead atoms. The van der Waals surface area contributed by atoms with Gasteiger partial charge in [0.15, 0.2) is 0 Å². The van der Waals surface area contributed by atoms with E-state index < -0.39 is 5.54 Å². The van der Waals surface area contributed by atoms with Gasteiger partial charge in [0.2, 0.25) is 0 Å². The van der Waals surface area contributed by atoms with Crippen LogP contribution in [0.3, 0.4) is 0 Å². The first kappa shape index (κ1) is 13.4. The highest BCUT2D eigenvalue weighted by Crippen LogP contribution is 2.35. The van der Waals surface area contributed by atoms with Gasteiger partial charge in [-0.2, -0.15) is 5.26 Å². The number of nitrogens with zero attached hydrogens (tertiary/aromatic N) is 2. The van der Waals surface area contributed by atoms with Crippen LogP contribution in [0.15, 0.2) is 0 Å². The van der Waals surface area contributed by atoms with Gasteiger partial charge >= 0.3 is 0 Å². The summed E-state index contributed by atoms with van der Waals surface area (Å²) >= 11 is 0. The smallest absolute Gasteiger partial charge is 0.107 e. The zero-order valence-electron chi connectivity index (χ0n) is 10.4. The Bertz CT molecular complexity index is 251. The van der Waals surface area contributed by atoms with E-state index in [2.05, 4.69) is 18.0 Å². The Morgan fingerprint density at radius 3 is 2.94 bits per heavy atom. The van der Waals surface area contributed by atoms with Gasteiger partial charge < -0.3 is 15.4 Å². The molecule has 0 heterocycles. The maximum atomic E-state index is 9.09. The van der Waals surface area contributed by atoms with Crippen LogP contribution < -0.4 is 5.73 Å². The van der Waals surface area contributed by atoms with E-state index in [0.717, 1.165) is 45.4 Å². The molecule has 0 aromatic rings.